The van der Waals surface area contributed by atoms with Gasteiger partial charge in [0.1, 0.15) is 5.75 Å². The summed E-state index contributed by atoms with van der Waals surface area (Å²) in [5, 5.41) is 7.16. The fraction of sp³-hybridized carbons (Fsp3) is 0.409. The normalized spacial score (nSPS) is 16.2. The molecule has 1 fully saturated rings. The van der Waals surface area contributed by atoms with E-state index in [9.17, 15) is 4.79 Å². The summed E-state index contributed by atoms with van der Waals surface area (Å²) >= 11 is 0. The number of hydrogen-bond acceptors (Lipinski definition) is 8. The highest BCUT2D eigenvalue weighted by molar-refractivity contribution is 5.76. The first kappa shape index (κ1) is 20.8. The maximum absolute atomic E-state index is 12.4. The van der Waals surface area contributed by atoms with Crippen molar-refractivity contribution in [3.63, 3.8) is 0 Å². The van der Waals surface area contributed by atoms with Crippen molar-refractivity contribution >= 4 is 11.9 Å². The third-order valence-corrected chi connectivity index (χ3v) is 5.23. The fourth-order valence-corrected chi connectivity index (χ4v) is 3.64. The molecule has 0 saturated carbocycles. The lowest BCUT2D eigenvalue weighted by Crippen LogP contribution is -2.48. The second-order valence-corrected chi connectivity index (χ2v) is 7.50. The lowest BCUT2D eigenvalue weighted by Gasteiger charge is -2.33. The molecule has 9 heteroatoms. The molecule has 1 atom stereocenters. The third kappa shape index (κ3) is 5.56. The van der Waals surface area contributed by atoms with Gasteiger partial charge in [-0.3, -0.25) is 4.79 Å². The van der Waals surface area contributed by atoms with Gasteiger partial charge >= 0.3 is 0 Å². The van der Waals surface area contributed by atoms with Crippen molar-refractivity contribution < 1.29 is 14.1 Å². The predicted molar refractivity (Wildman–Crippen MR) is 115 cm³/mol. The number of nitrogens with one attached hydrogen (secondary N) is 1. The summed E-state index contributed by atoms with van der Waals surface area (Å²) in [6.45, 7) is 1.63. The molecule has 1 unspecified atom stereocenters. The number of anilines is 1. The number of amides is 1. The Bertz CT molecular complexity index is 976. The highest BCUT2D eigenvalue weighted by atomic mass is 16.5. The number of aryl methyl sites for hydroxylation is 1. The second kappa shape index (κ2) is 10.0. The number of ether oxygens (including phenoxy) is 1. The first-order chi connectivity index (χ1) is 15.2. The van der Waals surface area contributed by atoms with E-state index in [4.69, 9.17) is 9.26 Å². The minimum atomic E-state index is 0.0377. The van der Waals surface area contributed by atoms with Crippen molar-refractivity contribution in [1.29, 1.82) is 0 Å². The topological polar surface area (TPSA) is 106 Å². The molecule has 0 aliphatic carbocycles. The molecule has 0 bridgehead atoms. The van der Waals surface area contributed by atoms with Gasteiger partial charge in [-0.05, 0) is 49.6 Å². The van der Waals surface area contributed by atoms with Crippen molar-refractivity contribution in [2.24, 2.45) is 0 Å². The van der Waals surface area contributed by atoms with E-state index in [1.807, 2.05) is 24.3 Å². The quantitative estimate of drug-likeness (QED) is 0.590. The van der Waals surface area contributed by atoms with E-state index in [-0.39, 0.29) is 11.9 Å². The number of aromatic nitrogens is 4. The molecule has 1 amide bonds. The fourth-order valence-electron chi connectivity index (χ4n) is 3.64. The van der Waals surface area contributed by atoms with E-state index < -0.39 is 0 Å². The minimum Gasteiger partial charge on any atom is -0.497 e. The summed E-state index contributed by atoms with van der Waals surface area (Å²) < 4.78 is 10.5. The Morgan fingerprint density at radius 3 is 2.84 bits per heavy atom. The molecule has 2 aromatic heterocycles. The maximum atomic E-state index is 12.4. The molecule has 3 heterocycles. The van der Waals surface area contributed by atoms with Crippen LogP contribution < -0.4 is 15.0 Å². The summed E-state index contributed by atoms with van der Waals surface area (Å²) in [4.78, 5) is 27.5. The van der Waals surface area contributed by atoms with Crippen LogP contribution in [-0.2, 0) is 11.2 Å². The predicted octanol–water partition coefficient (Wildman–Crippen LogP) is 2.64. The van der Waals surface area contributed by atoms with Gasteiger partial charge in [-0.25, -0.2) is 9.97 Å². The molecule has 9 nitrogen and oxygen atoms in total. The molecule has 162 valence electrons. The highest BCUT2D eigenvalue weighted by Crippen LogP contribution is 2.20. The van der Waals surface area contributed by atoms with Gasteiger partial charge in [0, 0.05) is 49.9 Å². The molecule has 1 N–H and O–H groups in total. The van der Waals surface area contributed by atoms with Gasteiger partial charge in [0.05, 0.1) is 7.11 Å². The molecule has 3 aromatic rings. The molecule has 1 saturated heterocycles. The number of hydrogen-bond donors (Lipinski definition) is 1. The van der Waals surface area contributed by atoms with Gasteiger partial charge in [0.2, 0.25) is 23.6 Å². The Labute approximate surface area is 180 Å². The largest absolute Gasteiger partial charge is 0.497 e. The lowest BCUT2D eigenvalue weighted by atomic mass is 10.1. The van der Waals surface area contributed by atoms with Crippen LogP contribution in [0.15, 0.2) is 47.2 Å². The zero-order valence-electron chi connectivity index (χ0n) is 17.5. The zero-order chi connectivity index (χ0) is 21.5. The number of rotatable bonds is 8. The molecule has 0 radical (unpaired) electrons. The van der Waals surface area contributed by atoms with Crippen LogP contribution in [0.25, 0.3) is 11.4 Å². The standard InChI is InChI=1S/C22H26N6O3/c1-30-18-10-8-16(9-11-18)21-26-20(31-27-21)7-2-6-19(29)25-17-5-3-14-28(15-17)22-23-12-4-13-24-22/h4,8-13,17H,2-3,5-7,14-15H2,1H3,(H,25,29). The Hall–Kier alpha value is -3.49. The molecular weight excluding hydrogens is 396 g/mol. The Morgan fingerprint density at radius 2 is 2.06 bits per heavy atom. The number of nitrogens with zero attached hydrogens (tertiary/aromatic N) is 5. The van der Waals surface area contributed by atoms with Crippen molar-refractivity contribution in [2.45, 2.75) is 38.1 Å². The molecule has 0 spiro atoms. The van der Waals surface area contributed by atoms with Gasteiger partial charge in [-0.15, -0.1) is 0 Å². The van der Waals surface area contributed by atoms with Crippen LogP contribution in [0.1, 0.15) is 31.6 Å². The van der Waals surface area contributed by atoms with Crippen molar-refractivity contribution in [3.8, 4) is 17.1 Å². The van der Waals surface area contributed by atoms with Gasteiger partial charge in [-0.2, -0.15) is 4.98 Å². The average molecular weight is 422 g/mol. The highest BCUT2D eigenvalue weighted by Gasteiger charge is 2.22. The van der Waals surface area contributed by atoms with E-state index in [1.54, 1.807) is 25.6 Å². The summed E-state index contributed by atoms with van der Waals surface area (Å²) in [7, 11) is 1.62. The van der Waals surface area contributed by atoms with Crippen LogP contribution in [0.3, 0.4) is 0 Å². The molecule has 1 aromatic carbocycles. The second-order valence-electron chi connectivity index (χ2n) is 7.50. The summed E-state index contributed by atoms with van der Waals surface area (Å²) in [6.07, 6.45) is 7.06. The number of benzene rings is 1. The van der Waals surface area contributed by atoms with Crippen molar-refractivity contribution in [3.05, 3.63) is 48.6 Å². The van der Waals surface area contributed by atoms with Crippen LogP contribution in [0.4, 0.5) is 5.95 Å². The molecule has 31 heavy (non-hydrogen) atoms. The van der Waals surface area contributed by atoms with E-state index in [0.717, 1.165) is 37.2 Å². The number of methoxy groups -OCH3 is 1. The van der Waals surface area contributed by atoms with Gasteiger partial charge in [-0.1, -0.05) is 5.16 Å². The van der Waals surface area contributed by atoms with Crippen LogP contribution in [0, 0.1) is 0 Å². The summed E-state index contributed by atoms with van der Waals surface area (Å²) in [6, 6.07) is 9.38. The summed E-state index contributed by atoms with van der Waals surface area (Å²) in [5.41, 5.74) is 0.859. The SMILES string of the molecule is COc1ccc(-c2noc(CCCC(=O)NC3CCCN(c4ncccn4)C3)n2)cc1. The van der Waals surface area contributed by atoms with Crippen LogP contribution in [0.5, 0.6) is 5.75 Å². The van der Waals surface area contributed by atoms with Gasteiger partial charge < -0.3 is 19.5 Å². The van der Waals surface area contributed by atoms with Crippen molar-refractivity contribution in [2.75, 3.05) is 25.1 Å². The lowest BCUT2D eigenvalue weighted by molar-refractivity contribution is -0.121. The van der Waals surface area contributed by atoms with Crippen LogP contribution in [-0.4, -0.2) is 52.3 Å². The Morgan fingerprint density at radius 1 is 1.26 bits per heavy atom. The zero-order valence-corrected chi connectivity index (χ0v) is 17.5. The molecule has 1 aliphatic heterocycles. The number of piperidine rings is 1. The Balaban J connectivity index is 1.22. The molecule has 1 aliphatic rings. The molecule has 4 rings (SSSR count). The van der Waals surface area contributed by atoms with E-state index in [1.165, 1.54) is 0 Å². The average Bonchev–Trinajstić information content (AvgIpc) is 3.29. The smallest absolute Gasteiger partial charge is 0.226 e. The Kier molecular flexibility index (Phi) is 6.71. The first-order valence-electron chi connectivity index (χ1n) is 10.5. The molecular formula is C22H26N6O3. The number of carbonyl (C=O) groups is 1. The van der Waals surface area contributed by atoms with Gasteiger partial charge in [0.15, 0.2) is 0 Å². The van der Waals surface area contributed by atoms with Crippen LogP contribution >= 0.6 is 0 Å². The van der Waals surface area contributed by atoms with Crippen molar-refractivity contribution in [1.82, 2.24) is 25.4 Å². The third-order valence-electron chi connectivity index (χ3n) is 5.23. The van der Waals surface area contributed by atoms with E-state index >= 15 is 0 Å². The maximum Gasteiger partial charge on any atom is 0.226 e. The number of carbonyl (C=O) groups excluding carboxylic acids is 1. The monoisotopic (exact) mass is 422 g/mol. The van der Waals surface area contributed by atoms with Gasteiger partial charge in [0.25, 0.3) is 0 Å². The van der Waals surface area contributed by atoms with Crippen LogP contribution in [0.2, 0.25) is 0 Å². The minimum absolute atomic E-state index is 0.0377. The summed E-state index contributed by atoms with van der Waals surface area (Å²) in [5.74, 6) is 2.59. The van der Waals surface area contributed by atoms with E-state index in [0.29, 0.717) is 36.9 Å². The van der Waals surface area contributed by atoms with E-state index in [2.05, 4.69) is 30.3 Å². The first-order valence-corrected chi connectivity index (χ1v) is 10.5.